The topological polar surface area (TPSA) is 31.9 Å². The number of H-pyrrole nitrogens is 1. The number of pyridine rings is 1. The van der Waals surface area contributed by atoms with E-state index in [0.29, 0.717) is 5.41 Å². The predicted octanol–water partition coefficient (Wildman–Crippen LogP) is 3.97. The van der Waals surface area contributed by atoms with E-state index in [-0.39, 0.29) is 0 Å². The standard InChI is InChI=1S/C20H21N3/c1-7-20(8-11-23(10-1)14-20)17-3-5-19(22-13-17)15-2-4-18-16(12-15)6-9-21-18/h2-6,9,12-13,21H,1,7-8,10-11,14H2. The van der Waals surface area contributed by atoms with Crippen molar-refractivity contribution in [1.82, 2.24) is 14.9 Å². The molecule has 1 N–H and O–H groups in total. The number of piperidine rings is 1. The molecule has 3 aromatic rings. The third-order valence-corrected chi connectivity index (χ3v) is 5.79. The van der Waals surface area contributed by atoms with E-state index in [9.17, 15) is 0 Å². The Hall–Kier alpha value is -2.13. The number of fused-ring (bicyclic) bond motifs is 3. The van der Waals surface area contributed by atoms with Crippen LogP contribution in [0, 0.1) is 0 Å². The lowest BCUT2D eigenvalue weighted by Crippen LogP contribution is -2.36. The zero-order valence-corrected chi connectivity index (χ0v) is 13.3. The smallest absolute Gasteiger partial charge is 0.0702 e. The summed E-state index contributed by atoms with van der Waals surface area (Å²) in [5.41, 5.74) is 5.24. The lowest BCUT2D eigenvalue weighted by molar-refractivity contribution is 0.243. The third kappa shape index (κ3) is 2.11. The van der Waals surface area contributed by atoms with Crippen molar-refractivity contribution in [2.24, 2.45) is 0 Å². The summed E-state index contributed by atoms with van der Waals surface area (Å²) in [6.07, 6.45) is 8.06. The maximum Gasteiger partial charge on any atom is 0.0702 e. The molecule has 0 saturated carbocycles. The van der Waals surface area contributed by atoms with Crippen LogP contribution in [0.25, 0.3) is 22.2 Å². The first-order valence-electron chi connectivity index (χ1n) is 8.59. The summed E-state index contributed by atoms with van der Waals surface area (Å²) < 4.78 is 0. The van der Waals surface area contributed by atoms with Crippen LogP contribution in [0.1, 0.15) is 24.8 Å². The molecule has 2 unspecified atom stereocenters. The van der Waals surface area contributed by atoms with Gasteiger partial charge in [-0.05, 0) is 62.2 Å². The van der Waals surface area contributed by atoms with Crippen LogP contribution in [-0.2, 0) is 5.41 Å². The van der Waals surface area contributed by atoms with Gasteiger partial charge in [-0.3, -0.25) is 4.98 Å². The van der Waals surface area contributed by atoms with Crippen molar-refractivity contribution in [3.8, 4) is 11.3 Å². The molecule has 2 fully saturated rings. The highest BCUT2D eigenvalue weighted by Gasteiger charge is 2.42. The Morgan fingerprint density at radius 2 is 2.04 bits per heavy atom. The molecule has 23 heavy (non-hydrogen) atoms. The first-order valence-corrected chi connectivity index (χ1v) is 8.59. The highest BCUT2D eigenvalue weighted by atomic mass is 15.2. The minimum absolute atomic E-state index is 0.369. The van der Waals surface area contributed by atoms with Gasteiger partial charge in [-0.15, -0.1) is 0 Å². The van der Waals surface area contributed by atoms with Crippen molar-refractivity contribution in [1.29, 1.82) is 0 Å². The molecule has 116 valence electrons. The molecule has 3 heteroatoms. The number of benzene rings is 1. The quantitative estimate of drug-likeness (QED) is 0.777. The Balaban J connectivity index is 1.49. The van der Waals surface area contributed by atoms with Gasteiger partial charge in [0.15, 0.2) is 0 Å². The number of rotatable bonds is 2. The Bertz CT molecular complexity index is 845. The second-order valence-electron chi connectivity index (χ2n) is 7.12. The third-order valence-electron chi connectivity index (χ3n) is 5.79. The molecule has 2 atom stereocenters. The van der Waals surface area contributed by atoms with Crippen LogP contribution in [0.2, 0.25) is 0 Å². The first-order chi connectivity index (χ1) is 11.3. The average Bonchev–Trinajstić information content (AvgIpc) is 3.19. The summed E-state index contributed by atoms with van der Waals surface area (Å²) in [7, 11) is 0. The van der Waals surface area contributed by atoms with Gasteiger partial charge in [-0.2, -0.15) is 0 Å². The Morgan fingerprint density at radius 3 is 2.96 bits per heavy atom. The van der Waals surface area contributed by atoms with E-state index >= 15 is 0 Å². The van der Waals surface area contributed by atoms with Gasteiger partial charge in [-0.25, -0.2) is 0 Å². The molecule has 0 spiro atoms. The van der Waals surface area contributed by atoms with Crippen molar-refractivity contribution in [2.75, 3.05) is 19.6 Å². The zero-order valence-electron chi connectivity index (χ0n) is 13.3. The van der Waals surface area contributed by atoms with Gasteiger partial charge < -0.3 is 9.88 Å². The minimum atomic E-state index is 0.369. The molecule has 3 nitrogen and oxygen atoms in total. The van der Waals surface area contributed by atoms with Crippen molar-refractivity contribution >= 4 is 10.9 Å². The summed E-state index contributed by atoms with van der Waals surface area (Å²) >= 11 is 0. The molecule has 5 rings (SSSR count). The maximum atomic E-state index is 4.80. The van der Waals surface area contributed by atoms with Gasteiger partial charge >= 0.3 is 0 Å². The van der Waals surface area contributed by atoms with E-state index in [1.165, 1.54) is 60.9 Å². The molecule has 2 aliphatic rings. The summed E-state index contributed by atoms with van der Waals surface area (Å²) in [4.78, 5) is 10.6. The Kier molecular flexibility index (Phi) is 2.86. The monoisotopic (exact) mass is 303 g/mol. The van der Waals surface area contributed by atoms with E-state index in [2.05, 4.69) is 52.5 Å². The molecular formula is C20H21N3. The van der Waals surface area contributed by atoms with Gasteiger partial charge in [0, 0.05) is 40.8 Å². The van der Waals surface area contributed by atoms with Gasteiger partial charge in [0.2, 0.25) is 0 Å². The normalized spacial score (nSPS) is 26.7. The van der Waals surface area contributed by atoms with Crippen LogP contribution >= 0.6 is 0 Å². The number of nitrogens with one attached hydrogen (secondary N) is 1. The van der Waals surface area contributed by atoms with Crippen LogP contribution in [0.5, 0.6) is 0 Å². The van der Waals surface area contributed by atoms with E-state index in [1.54, 1.807) is 0 Å². The molecule has 0 aliphatic carbocycles. The zero-order chi connectivity index (χ0) is 15.3. The molecule has 4 heterocycles. The van der Waals surface area contributed by atoms with Crippen molar-refractivity contribution in [3.63, 3.8) is 0 Å². The summed E-state index contributed by atoms with van der Waals surface area (Å²) in [5.74, 6) is 0. The van der Waals surface area contributed by atoms with Crippen LogP contribution in [0.15, 0.2) is 48.8 Å². The fourth-order valence-electron chi connectivity index (χ4n) is 4.47. The molecule has 2 aliphatic heterocycles. The van der Waals surface area contributed by atoms with E-state index in [4.69, 9.17) is 4.98 Å². The van der Waals surface area contributed by atoms with E-state index in [1.807, 2.05) is 6.20 Å². The second-order valence-corrected chi connectivity index (χ2v) is 7.12. The second kappa shape index (κ2) is 4.93. The molecule has 2 bridgehead atoms. The van der Waals surface area contributed by atoms with E-state index in [0.717, 1.165) is 5.69 Å². The highest BCUT2D eigenvalue weighted by molar-refractivity contribution is 5.84. The van der Waals surface area contributed by atoms with Crippen molar-refractivity contribution < 1.29 is 0 Å². The Labute approximate surface area is 136 Å². The molecule has 2 saturated heterocycles. The Morgan fingerprint density at radius 1 is 1.04 bits per heavy atom. The van der Waals surface area contributed by atoms with Gasteiger partial charge in [0.25, 0.3) is 0 Å². The number of aromatic nitrogens is 2. The minimum Gasteiger partial charge on any atom is -0.361 e. The van der Waals surface area contributed by atoms with Gasteiger partial charge in [-0.1, -0.05) is 12.1 Å². The summed E-state index contributed by atoms with van der Waals surface area (Å²) in [6, 6.07) is 13.1. The molecule has 2 aromatic heterocycles. The fraction of sp³-hybridized carbons (Fsp3) is 0.350. The molecule has 1 aromatic carbocycles. The number of nitrogens with zero attached hydrogens (tertiary/aromatic N) is 2. The first kappa shape index (κ1) is 13.3. The maximum absolute atomic E-state index is 4.80. The summed E-state index contributed by atoms with van der Waals surface area (Å²) in [6.45, 7) is 3.76. The fourth-order valence-corrected chi connectivity index (χ4v) is 4.47. The summed E-state index contributed by atoms with van der Waals surface area (Å²) in [5, 5.41) is 1.24. The largest absolute Gasteiger partial charge is 0.361 e. The van der Waals surface area contributed by atoms with E-state index < -0.39 is 0 Å². The molecular weight excluding hydrogens is 282 g/mol. The molecule has 0 radical (unpaired) electrons. The van der Waals surface area contributed by atoms with Crippen molar-refractivity contribution in [2.45, 2.75) is 24.7 Å². The van der Waals surface area contributed by atoms with Crippen LogP contribution in [0.3, 0.4) is 0 Å². The SMILES string of the molecule is c1cc2cc(-c3ccc(C45CCCN(CC4)C5)cn3)ccc2[nH]1. The van der Waals surface area contributed by atoms with Crippen LogP contribution < -0.4 is 0 Å². The lowest BCUT2D eigenvalue weighted by atomic mass is 9.75. The lowest BCUT2D eigenvalue weighted by Gasteiger charge is -2.34. The number of aromatic amines is 1. The predicted molar refractivity (Wildman–Crippen MR) is 93.5 cm³/mol. The highest BCUT2D eigenvalue weighted by Crippen LogP contribution is 2.42. The van der Waals surface area contributed by atoms with Crippen LogP contribution in [0.4, 0.5) is 0 Å². The average molecular weight is 303 g/mol. The van der Waals surface area contributed by atoms with Crippen molar-refractivity contribution in [3.05, 3.63) is 54.4 Å². The number of hydrogen-bond donors (Lipinski definition) is 1. The van der Waals surface area contributed by atoms with Gasteiger partial charge in [0.05, 0.1) is 5.69 Å². The van der Waals surface area contributed by atoms with Gasteiger partial charge in [0.1, 0.15) is 0 Å². The molecule has 0 amide bonds. The van der Waals surface area contributed by atoms with Crippen LogP contribution in [-0.4, -0.2) is 34.5 Å². The number of hydrogen-bond acceptors (Lipinski definition) is 2.